The zero-order chi connectivity index (χ0) is 20.3. The molecule has 1 heterocycles. The van der Waals surface area contributed by atoms with Crippen LogP contribution in [0.15, 0.2) is 59.8 Å². The Morgan fingerprint density at radius 1 is 1.21 bits per heavy atom. The molecule has 9 heteroatoms. The van der Waals surface area contributed by atoms with Gasteiger partial charge in [0, 0.05) is 11.1 Å². The third kappa shape index (κ3) is 4.28. The van der Waals surface area contributed by atoms with Gasteiger partial charge in [-0.2, -0.15) is 0 Å². The molecule has 144 valence electrons. The van der Waals surface area contributed by atoms with E-state index in [1.165, 1.54) is 25.4 Å². The fourth-order valence-electron chi connectivity index (χ4n) is 2.51. The number of aliphatic carboxylic acids is 1. The molecule has 0 bridgehead atoms. The van der Waals surface area contributed by atoms with E-state index < -0.39 is 29.2 Å². The topological polar surface area (TPSA) is 124 Å². The Kier molecular flexibility index (Phi) is 5.88. The molecule has 0 amide bonds. The van der Waals surface area contributed by atoms with Crippen molar-refractivity contribution >= 4 is 23.1 Å². The predicted octanol–water partition coefficient (Wildman–Crippen LogP) is 2.62. The normalized spacial score (nSPS) is 13.1. The lowest BCUT2D eigenvalue weighted by Crippen LogP contribution is -2.38. The van der Waals surface area contributed by atoms with Gasteiger partial charge in [0.15, 0.2) is 4.90 Å². The zero-order valence-corrected chi connectivity index (χ0v) is 15.6. The van der Waals surface area contributed by atoms with Gasteiger partial charge in [-0.3, -0.25) is 9.78 Å². The molecule has 0 fully saturated rings. The number of hydrogen-bond donors (Lipinski definition) is 3. The number of hydrogen-bond acceptors (Lipinski definition) is 6. The predicted molar refractivity (Wildman–Crippen MR) is 104 cm³/mol. The van der Waals surface area contributed by atoms with Crippen molar-refractivity contribution in [1.82, 2.24) is 14.7 Å². The van der Waals surface area contributed by atoms with Crippen molar-refractivity contribution in [2.75, 3.05) is 5.73 Å². The summed E-state index contributed by atoms with van der Waals surface area (Å²) in [6.07, 6.45) is 2.73. The molecule has 4 N–H and O–H groups in total. The van der Waals surface area contributed by atoms with Crippen molar-refractivity contribution in [3.8, 4) is 22.4 Å². The van der Waals surface area contributed by atoms with Crippen LogP contribution in [0.3, 0.4) is 0 Å². The number of nitrogens with zero attached hydrogens (tertiary/aromatic N) is 2. The number of aromatic nitrogens is 2. The van der Waals surface area contributed by atoms with Crippen molar-refractivity contribution in [3.05, 3.63) is 60.7 Å². The van der Waals surface area contributed by atoms with Gasteiger partial charge in [-0.05, 0) is 36.8 Å². The lowest BCUT2D eigenvalue weighted by atomic mass is 10.0. The molecular weight excluding hydrogens is 383 g/mol. The van der Waals surface area contributed by atoms with Gasteiger partial charge in [0.1, 0.15) is 17.7 Å². The first-order valence-corrected chi connectivity index (χ1v) is 9.39. The molecule has 0 aliphatic heterocycles. The van der Waals surface area contributed by atoms with Gasteiger partial charge >= 0.3 is 5.97 Å². The summed E-state index contributed by atoms with van der Waals surface area (Å²) in [4.78, 5) is 19.3. The summed E-state index contributed by atoms with van der Waals surface area (Å²) < 4.78 is 29.8. The minimum atomic E-state index is -1.79. The minimum Gasteiger partial charge on any atom is -0.593 e. The van der Waals surface area contributed by atoms with E-state index in [0.29, 0.717) is 21.7 Å². The minimum absolute atomic E-state index is 0.236. The van der Waals surface area contributed by atoms with E-state index in [9.17, 15) is 13.7 Å². The number of benzene rings is 2. The number of carboxylic acids is 1. The van der Waals surface area contributed by atoms with Gasteiger partial charge in [0.05, 0.1) is 29.4 Å². The SMILES string of the molecule is CC(N[S+]([O-])c1ccccc1-c1ccc(-c2cnc(N)cn2)c(F)c1)C(=O)O. The lowest BCUT2D eigenvalue weighted by Gasteiger charge is -2.16. The van der Waals surface area contributed by atoms with Gasteiger partial charge in [0.25, 0.3) is 0 Å². The molecule has 0 saturated carbocycles. The van der Waals surface area contributed by atoms with Crippen molar-refractivity contribution in [2.45, 2.75) is 17.9 Å². The molecule has 28 heavy (non-hydrogen) atoms. The Balaban J connectivity index is 1.95. The average Bonchev–Trinajstić information content (AvgIpc) is 2.68. The van der Waals surface area contributed by atoms with Crippen molar-refractivity contribution in [1.29, 1.82) is 0 Å². The number of nitrogens with one attached hydrogen (secondary N) is 1. The Hall–Kier alpha value is -3.01. The summed E-state index contributed by atoms with van der Waals surface area (Å²) in [7, 11) is 0. The van der Waals surface area contributed by atoms with E-state index >= 15 is 0 Å². The van der Waals surface area contributed by atoms with E-state index in [0.717, 1.165) is 0 Å². The van der Waals surface area contributed by atoms with Crippen molar-refractivity contribution < 1.29 is 18.8 Å². The zero-order valence-electron chi connectivity index (χ0n) is 14.8. The van der Waals surface area contributed by atoms with Crippen LogP contribution in [0.25, 0.3) is 22.4 Å². The molecule has 0 saturated heterocycles. The molecule has 2 unspecified atom stereocenters. The first-order valence-electron chi connectivity index (χ1n) is 8.24. The molecule has 2 aromatic carbocycles. The number of carboxylic acid groups (broad SMARTS) is 1. The van der Waals surface area contributed by atoms with E-state index in [-0.39, 0.29) is 11.4 Å². The maximum Gasteiger partial charge on any atom is 0.324 e. The molecule has 0 aliphatic carbocycles. The lowest BCUT2D eigenvalue weighted by molar-refractivity contribution is -0.138. The summed E-state index contributed by atoms with van der Waals surface area (Å²) >= 11 is -1.79. The van der Waals surface area contributed by atoms with Gasteiger partial charge in [-0.15, -0.1) is 4.72 Å². The second-order valence-corrected chi connectivity index (χ2v) is 7.18. The fourth-order valence-corrected chi connectivity index (χ4v) is 3.65. The molecule has 2 atom stereocenters. The molecule has 3 rings (SSSR count). The van der Waals surface area contributed by atoms with Crippen molar-refractivity contribution in [2.24, 2.45) is 0 Å². The summed E-state index contributed by atoms with van der Waals surface area (Å²) in [6.45, 7) is 1.39. The molecule has 0 aliphatic rings. The van der Waals surface area contributed by atoms with Crippen LogP contribution in [0, 0.1) is 5.82 Å². The van der Waals surface area contributed by atoms with Crippen LogP contribution in [0.2, 0.25) is 0 Å². The number of nitrogen functional groups attached to an aromatic ring is 1. The maximum absolute atomic E-state index is 14.7. The molecular formula is C19H17FN4O3S. The van der Waals surface area contributed by atoms with E-state index in [2.05, 4.69) is 14.7 Å². The highest BCUT2D eigenvalue weighted by atomic mass is 32.2. The molecule has 7 nitrogen and oxygen atoms in total. The van der Waals surface area contributed by atoms with Crippen LogP contribution in [0.4, 0.5) is 10.2 Å². The smallest absolute Gasteiger partial charge is 0.324 e. The third-order valence-electron chi connectivity index (χ3n) is 3.97. The first-order chi connectivity index (χ1) is 13.4. The number of carbonyl (C=O) groups is 1. The van der Waals surface area contributed by atoms with Crippen molar-refractivity contribution in [3.63, 3.8) is 0 Å². The Labute approximate surface area is 163 Å². The number of halogens is 1. The average molecular weight is 400 g/mol. The van der Waals surface area contributed by atoms with Gasteiger partial charge < -0.3 is 15.4 Å². The Morgan fingerprint density at radius 2 is 1.96 bits per heavy atom. The second kappa shape index (κ2) is 8.34. The monoisotopic (exact) mass is 400 g/mol. The van der Waals surface area contributed by atoms with Gasteiger partial charge in [-0.25, -0.2) is 9.37 Å². The van der Waals surface area contributed by atoms with Crippen LogP contribution in [-0.4, -0.2) is 31.6 Å². The van der Waals surface area contributed by atoms with Gasteiger partial charge in [-0.1, -0.05) is 18.2 Å². The quantitative estimate of drug-likeness (QED) is 0.543. The summed E-state index contributed by atoms with van der Waals surface area (Å²) in [5, 5.41) is 8.99. The number of anilines is 1. The van der Waals surface area contributed by atoms with E-state index in [4.69, 9.17) is 10.8 Å². The fraction of sp³-hybridized carbons (Fsp3) is 0.105. The summed E-state index contributed by atoms with van der Waals surface area (Å²) in [5.41, 5.74) is 7.12. The van der Waals surface area contributed by atoms with Crippen LogP contribution < -0.4 is 10.5 Å². The summed E-state index contributed by atoms with van der Waals surface area (Å²) in [6, 6.07) is 10.2. The number of rotatable bonds is 6. The summed E-state index contributed by atoms with van der Waals surface area (Å²) in [5.74, 6) is -1.41. The van der Waals surface area contributed by atoms with E-state index in [1.807, 2.05) is 0 Å². The van der Waals surface area contributed by atoms with Crippen LogP contribution in [0.5, 0.6) is 0 Å². The Bertz CT molecular complexity index is 1000. The van der Waals surface area contributed by atoms with Gasteiger partial charge in [0.2, 0.25) is 0 Å². The first kappa shape index (κ1) is 19.7. The Morgan fingerprint density at radius 3 is 2.61 bits per heavy atom. The molecule has 0 radical (unpaired) electrons. The maximum atomic E-state index is 14.7. The highest BCUT2D eigenvalue weighted by molar-refractivity contribution is 7.89. The van der Waals surface area contributed by atoms with Crippen LogP contribution in [0.1, 0.15) is 6.92 Å². The highest BCUT2D eigenvalue weighted by Crippen LogP contribution is 2.31. The van der Waals surface area contributed by atoms with E-state index in [1.54, 1.807) is 36.4 Å². The molecule has 0 spiro atoms. The van der Waals surface area contributed by atoms with Crippen LogP contribution >= 0.6 is 0 Å². The standard InChI is InChI=1S/C19H17FN4O3S/c1-11(19(25)26)24-28(27)17-5-3-2-4-13(17)12-6-7-14(15(20)8-12)16-9-23-18(21)10-22-16/h2-11,24H,1H3,(H2,21,23)(H,25,26). The molecule has 1 aromatic heterocycles. The highest BCUT2D eigenvalue weighted by Gasteiger charge is 2.23. The largest absolute Gasteiger partial charge is 0.593 e. The molecule has 3 aromatic rings. The van der Waals surface area contributed by atoms with Crippen LogP contribution in [-0.2, 0) is 16.2 Å². The second-order valence-electron chi connectivity index (χ2n) is 5.96. The third-order valence-corrected chi connectivity index (χ3v) is 5.29. The number of nitrogens with two attached hydrogens (primary N) is 1.